The van der Waals surface area contributed by atoms with Crippen molar-refractivity contribution >= 4 is 0 Å². The van der Waals surface area contributed by atoms with E-state index in [4.69, 9.17) is 4.74 Å². The minimum Gasteiger partial charge on any atom is -0.386 e. The van der Waals surface area contributed by atoms with E-state index in [0.717, 1.165) is 6.42 Å². The first-order chi connectivity index (χ1) is 6.93. The maximum absolute atomic E-state index is 9.51. The molecule has 2 N–H and O–H groups in total. The van der Waals surface area contributed by atoms with Crippen LogP contribution in [-0.4, -0.2) is 53.7 Å². The number of aliphatic hydroxyl groups excluding tert-OH is 2. The third kappa shape index (κ3) is 4.93. The number of rotatable bonds is 1. The zero-order chi connectivity index (χ0) is 12.0. The first-order valence-electron chi connectivity index (χ1n) is 5.62. The molecule has 0 bridgehead atoms. The van der Waals surface area contributed by atoms with Gasteiger partial charge in [0.05, 0.1) is 6.10 Å². The Balaban J connectivity index is 0.000000583. The van der Waals surface area contributed by atoms with E-state index in [-0.39, 0.29) is 12.1 Å². The van der Waals surface area contributed by atoms with E-state index in [9.17, 15) is 10.2 Å². The van der Waals surface area contributed by atoms with Gasteiger partial charge in [-0.2, -0.15) is 0 Å². The molecule has 0 unspecified atom stereocenters. The highest BCUT2D eigenvalue weighted by Crippen LogP contribution is 2.21. The third-order valence-corrected chi connectivity index (χ3v) is 2.29. The largest absolute Gasteiger partial charge is 0.386 e. The van der Waals surface area contributed by atoms with Crippen LogP contribution in [0, 0.1) is 0 Å². The molecule has 4 nitrogen and oxygen atoms in total. The third-order valence-electron chi connectivity index (χ3n) is 2.29. The van der Waals surface area contributed by atoms with E-state index in [1.807, 2.05) is 25.9 Å². The van der Waals surface area contributed by atoms with Gasteiger partial charge in [-0.1, -0.05) is 20.3 Å². The van der Waals surface area contributed by atoms with E-state index in [1.165, 1.54) is 6.42 Å². The number of hydrogen-bond acceptors (Lipinski definition) is 4. The highest BCUT2D eigenvalue weighted by atomic mass is 16.6. The van der Waals surface area contributed by atoms with Crippen molar-refractivity contribution in [3.8, 4) is 0 Å². The van der Waals surface area contributed by atoms with E-state index in [2.05, 4.69) is 13.8 Å². The Kier molecular flexibility index (Phi) is 7.09. The Morgan fingerprint density at radius 3 is 2.13 bits per heavy atom. The molecule has 92 valence electrons. The number of ether oxygens (including phenoxy) is 1. The van der Waals surface area contributed by atoms with Crippen molar-refractivity contribution in [1.29, 1.82) is 0 Å². The molecule has 4 atom stereocenters. The zero-order valence-corrected chi connectivity index (χ0v) is 10.5. The fourth-order valence-electron chi connectivity index (χ4n) is 1.56. The van der Waals surface area contributed by atoms with E-state index in [0.29, 0.717) is 0 Å². The lowest BCUT2D eigenvalue weighted by molar-refractivity contribution is -0.230. The van der Waals surface area contributed by atoms with E-state index < -0.39 is 12.4 Å². The van der Waals surface area contributed by atoms with Crippen LogP contribution < -0.4 is 0 Å². The summed E-state index contributed by atoms with van der Waals surface area (Å²) in [4.78, 5) is 1.91. The minimum atomic E-state index is -1.04. The summed E-state index contributed by atoms with van der Waals surface area (Å²) in [6.45, 7) is 6.14. The molecule has 0 saturated carbocycles. The quantitative estimate of drug-likeness (QED) is 0.685. The van der Waals surface area contributed by atoms with Crippen molar-refractivity contribution < 1.29 is 14.9 Å². The summed E-state index contributed by atoms with van der Waals surface area (Å²) in [6, 6.07) is -0.0104. The van der Waals surface area contributed by atoms with E-state index >= 15 is 0 Å². The lowest BCUT2D eigenvalue weighted by Gasteiger charge is -2.38. The van der Waals surface area contributed by atoms with Crippen LogP contribution in [0.25, 0.3) is 0 Å². The molecule has 0 amide bonds. The molecule has 1 aliphatic heterocycles. The fraction of sp³-hybridized carbons (Fsp3) is 1.00. The minimum absolute atomic E-state index is 0.01000. The first kappa shape index (κ1) is 14.8. The van der Waals surface area contributed by atoms with Crippen LogP contribution in [-0.2, 0) is 4.74 Å². The monoisotopic (exact) mass is 219 g/mol. The lowest BCUT2D eigenvalue weighted by Crippen LogP contribution is -2.53. The van der Waals surface area contributed by atoms with E-state index in [1.54, 1.807) is 0 Å². The molecule has 1 aliphatic rings. The zero-order valence-electron chi connectivity index (χ0n) is 10.5. The molecule has 1 heterocycles. The van der Waals surface area contributed by atoms with Crippen LogP contribution in [0.5, 0.6) is 0 Å². The molecule has 1 saturated heterocycles. The Hall–Kier alpha value is -0.160. The number of likely N-dealkylation sites (N-methyl/N-ethyl adjacent to an activating group) is 1. The van der Waals surface area contributed by atoms with Gasteiger partial charge in [0.25, 0.3) is 0 Å². The van der Waals surface area contributed by atoms with Crippen LogP contribution in [0.15, 0.2) is 0 Å². The summed E-state index contributed by atoms with van der Waals surface area (Å²) in [5.74, 6) is 0. The number of hydrogen-bond donors (Lipinski definition) is 2. The van der Waals surface area contributed by atoms with Crippen LogP contribution in [0.4, 0.5) is 0 Å². The lowest BCUT2D eigenvalue weighted by atomic mass is 9.99. The molecule has 0 aliphatic carbocycles. The maximum atomic E-state index is 9.51. The predicted molar refractivity (Wildman–Crippen MR) is 60.6 cm³/mol. The molecule has 0 spiro atoms. The van der Waals surface area contributed by atoms with Gasteiger partial charge in [-0.3, -0.25) is 0 Å². The molecule has 0 aromatic heterocycles. The SMILES string of the molecule is CCC.C[C@@H]1C[C@H](N(C)C)[C@@H](O)[C@H](O)O1. The molecule has 15 heavy (non-hydrogen) atoms. The van der Waals surface area contributed by atoms with Gasteiger partial charge in [-0.25, -0.2) is 0 Å². The van der Waals surface area contributed by atoms with Crippen LogP contribution in [0.3, 0.4) is 0 Å². The Morgan fingerprint density at radius 2 is 1.73 bits per heavy atom. The topological polar surface area (TPSA) is 52.9 Å². The second kappa shape index (κ2) is 7.17. The summed E-state index contributed by atoms with van der Waals surface area (Å²) in [6.07, 6.45) is 0.179. The van der Waals surface area contributed by atoms with Crippen molar-refractivity contribution in [1.82, 2.24) is 4.90 Å². The van der Waals surface area contributed by atoms with Gasteiger partial charge in [0, 0.05) is 6.04 Å². The summed E-state index contributed by atoms with van der Waals surface area (Å²) in [7, 11) is 3.78. The van der Waals surface area contributed by atoms with Crippen LogP contribution >= 0.6 is 0 Å². The molecule has 0 radical (unpaired) electrons. The Bertz CT molecular complexity index is 164. The summed E-state index contributed by atoms with van der Waals surface area (Å²) < 4.78 is 5.06. The summed E-state index contributed by atoms with van der Waals surface area (Å²) in [5.41, 5.74) is 0. The molecular formula is C11H25NO3. The average molecular weight is 219 g/mol. The summed E-state index contributed by atoms with van der Waals surface area (Å²) >= 11 is 0. The van der Waals surface area contributed by atoms with Gasteiger partial charge in [0.1, 0.15) is 6.10 Å². The standard InChI is InChI=1S/C8H17NO3.C3H8/c1-5-4-6(9(2)3)7(10)8(11)12-5;1-3-2/h5-8,10-11H,4H2,1-3H3;3H2,1-2H3/t5-,6+,7-,8-;/m1./s1. The molecule has 0 aromatic rings. The fourth-order valence-corrected chi connectivity index (χ4v) is 1.56. The normalized spacial score (nSPS) is 36.0. The van der Waals surface area contributed by atoms with Crippen molar-refractivity contribution in [3.05, 3.63) is 0 Å². The van der Waals surface area contributed by atoms with Gasteiger partial charge < -0.3 is 19.8 Å². The average Bonchev–Trinajstić information content (AvgIpc) is 2.12. The predicted octanol–water partition coefficient (Wildman–Crippen LogP) is 0.821. The highest BCUT2D eigenvalue weighted by molar-refractivity contribution is 4.84. The molecule has 1 rings (SSSR count). The smallest absolute Gasteiger partial charge is 0.182 e. The molecular weight excluding hydrogens is 194 g/mol. The van der Waals surface area contributed by atoms with Gasteiger partial charge in [-0.05, 0) is 27.4 Å². The van der Waals surface area contributed by atoms with Gasteiger partial charge in [0.2, 0.25) is 0 Å². The second-order valence-electron chi connectivity index (χ2n) is 4.30. The number of aliphatic hydroxyl groups is 2. The van der Waals surface area contributed by atoms with Crippen molar-refractivity contribution in [2.24, 2.45) is 0 Å². The Morgan fingerprint density at radius 1 is 1.27 bits per heavy atom. The second-order valence-corrected chi connectivity index (χ2v) is 4.30. The summed E-state index contributed by atoms with van der Waals surface area (Å²) in [5, 5.41) is 18.8. The van der Waals surface area contributed by atoms with Gasteiger partial charge in [0.15, 0.2) is 6.29 Å². The highest BCUT2D eigenvalue weighted by Gasteiger charge is 2.35. The van der Waals surface area contributed by atoms with Crippen LogP contribution in [0.2, 0.25) is 0 Å². The van der Waals surface area contributed by atoms with Crippen molar-refractivity contribution in [2.75, 3.05) is 14.1 Å². The van der Waals surface area contributed by atoms with Gasteiger partial charge >= 0.3 is 0 Å². The Labute approximate surface area is 92.9 Å². The van der Waals surface area contributed by atoms with Gasteiger partial charge in [-0.15, -0.1) is 0 Å². The number of nitrogens with zero attached hydrogens (tertiary/aromatic N) is 1. The first-order valence-corrected chi connectivity index (χ1v) is 5.62. The van der Waals surface area contributed by atoms with Crippen molar-refractivity contribution in [2.45, 2.75) is 58.2 Å². The molecule has 4 heteroatoms. The van der Waals surface area contributed by atoms with Crippen molar-refractivity contribution in [3.63, 3.8) is 0 Å². The molecule has 1 fully saturated rings. The maximum Gasteiger partial charge on any atom is 0.182 e. The molecule has 0 aromatic carbocycles. The van der Waals surface area contributed by atoms with Crippen LogP contribution in [0.1, 0.15) is 33.6 Å².